The SMILES string of the molecule is Cc1cc(-c2ccc(N)cn2)c(C)cc1-c1ccc(N(C)C)cc1. The highest BCUT2D eigenvalue weighted by Gasteiger charge is 2.09. The van der Waals surface area contributed by atoms with Gasteiger partial charge in [0.1, 0.15) is 0 Å². The maximum atomic E-state index is 5.74. The molecule has 1 aromatic heterocycles. The van der Waals surface area contributed by atoms with Crippen molar-refractivity contribution < 1.29 is 0 Å². The normalized spacial score (nSPS) is 10.7. The smallest absolute Gasteiger partial charge is 0.0706 e. The second-order valence-electron chi connectivity index (χ2n) is 6.40. The average molecular weight is 317 g/mol. The van der Waals surface area contributed by atoms with E-state index >= 15 is 0 Å². The van der Waals surface area contributed by atoms with E-state index in [1.165, 1.54) is 27.9 Å². The molecule has 0 aliphatic heterocycles. The molecule has 0 aliphatic rings. The summed E-state index contributed by atoms with van der Waals surface area (Å²) in [6.45, 7) is 4.28. The van der Waals surface area contributed by atoms with Gasteiger partial charge in [-0.25, -0.2) is 0 Å². The first-order chi connectivity index (χ1) is 11.5. The molecule has 0 fully saturated rings. The zero-order chi connectivity index (χ0) is 17.3. The second-order valence-corrected chi connectivity index (χ2v) is 6.40. The van der Waals surface area contributed by atoms with Gasteiger partial charge in [-0.3, -0.25) is 4.98 Å². The highest BCUT2D eigenvalue weighted by atomic mass is 15.1. The molecular weight excluding hydrogens is 294 g/mol. The maximum absolute atomic E-state index is 5.74. The summed E-state index contributed by atoms with van der Waals surface area (Å²) in [5.74, 6) is 0. The monoisotopic (exact) mass is 317 g/mol. The summed E-state index contributed by atoms with van der Waals surface area (Å²) in [5, 5.41) is 0. The minimum absolute atomic E-state index is 0.686. The van der Waals surface area contributed by atoms with Gasteiger partial charge in [-0.1, -0.05) is 18.2 Å². The third kappa shape index (κ3) is 3.11. The first-order valence-corrected chi connectivity index (χ1v) is 8.06. The van der Waals surface area contributed by atoms with Crippen LogP contribution in [0.5, 0.6) is 0 Å². The lowest BCUT2D eigenvalue weighted by molar-refractivity contribution is 1.13. The van der Waals surface area contributed by atoms with Crippen LogP contribution in [0.1, 0.15) is 11.1 Å². The van der Waals surface area contributed by atoms with Crippen LogP contribution in [0.2, 0.25) is 0 Å². The molecule has 3 heteroatoms. The molecule has 122 valence electrons. The number of nitrogens with zero attached hydrogens (tertiary/aromatic N) is 2. The Bertz CT molecular complexity index is 848. The van der Waals surface area contributed by atoms with E-state index < -0.39 is 0 Å². The molecule has 0 radical (unpaired) electrons. The minimum atomic E-state index is 0.686. The van der Waals surface area contributed by atoms with Crippen LogP contribution in [0.15, 0.2) is 54.7 Å². The van der Waals surface area contributed by atoms with Crippen molar-refractivity contribution in [3.05, 3.63) is 65.9 Å². The number of pyridine rings is 1. The molecule has 3 nitrogen and oxygen atoms in total. The van der Waals surface area contributed by atoms with E-state index in [9.17, 15) is 0 Å². The summed E-state index contributed by atoms with van der Waals surface area (Å²) in [6.07, 6.45) is 1.71. The fourth-order valence-corrected chi connectivity index (χ4v) is 2.91. The van der Waals surface area contributed by atoms with E-state index in [1.807, 2.05) is 12.1 Å². The predicted molar refractivity (Wildman–Crippen MR) is 103 cm³/mol. The zero-order valence-corrected chi connectivity index (χ0v) is 14.7. The molecule has 0 saturated heterocycles. The third-order valence-corrected chi connectivity index (χ3v) is 4.33. The zero-order valence-electron chi connectivity index (χ0n) is 14.7. The standard InChI is InChI=1S/C21H23N3/c1-14-12-20(21-10-7-17(22)13-23-21)15(2)11-19(14)16-5-8-18(9-6-16)24(3)4/h5-13H,22H2,1-4H3. The summed E-state index contributed by atoms with van der Waals surface area (Å²) >= 11 is 0. The van der Waals surface area contributed by atoms with Crippen LogP contribution in [-0.2, 0) is 0 Å². The Morgan fingerprint density at radius 3 is 2.04 bits per heavy atom. The summed E-state index contributed by atoms with van der Waals surface area (Å²) in [7, 11) is 4.11. The predicted octanol–water partition coefficient (Wildman–Crippen LogP) is 4.68. The van der Waals surface area contributed by atoms with E-state index in [0.717, 1.165) is 11.3 Å². The van der Waals surface area contributed by atoms with Gasteiger partial charge in [-0.15, -0.1) is 0 Å². The van der Waals surface area contributed by atoms with Crippen molar-refractivity contribution in [1.29, 1.82) is 0 Å². The number of hydrogen-bond acceptors (Lipinski definition) is 3. The lowest BCUT2D eigenvalue weighted by atomic mass is 9.93. The van der Waals surface area contributed by atoms with E-state index in [4.69, 9.17) is 5.73 Å². The molecule has 3 rings (SSSR count). The van der Waals surface area contributed by atoms with Crippen molar-refractivity contribution in [1.82, 2.24) is 4.98 Å². The Morgan fingerprint density at radius 1 is 0.833 bits per heavy atom. The van der Waals surface area contributed by atoms with Crippen molar-refractivity contribution in [3.8, 4) is 22.4 Å². The Labute approximate surface area is 143 Å². The average Bonchev–Trinajstić information content (AvgIpc) is 2.57. The molecule has 0 aliphatic carbocycles. The van der Waals surface area contributed by atoms with Gasteiger partial charge in [0.2, 0.25) is 0 Å². The lowest BCUT2D eigenvalue weighted by Crippen LogP contribution is -2.07. The first-order valence-electron chi connectivity index (χ1n) is 8.06. The molecular formula is C21H23N3. The molecule has 2 N–H and O–H groups in total. The van der Waals surface area contributed by atoms with Crippen LogP contribution in [0.4, 0.5) is 11.4 Å². The number of aromatic nitrogens is 1. The van der Waals surface area contributed by atoms with Gasteiger partial charge in [0.05, 0.1) is 17.6 Å². The van der Waals surface area contributed by atoms with E-state index in [-0.39, 0.29) is 0 Å². The van der Waals surface area contributed by atoms with Crippen LogP contribution < -0.4 is 10.6 Å². The van der Waals surface area contributed by atoms with Crippen LogP contribution in [0.25, 0.3) is 22.4 Å². The van der Waals surface area contributed by atoms with Gasteiger partial charge in [-0.2, -0.15) is 0 Å². The van der Waals surface area contributed by atoms with Gasteiger partial charge < -0.3 is 10.6 Å². The van der Waals surface area contributed by atoms with Crippen molar-refractivity contribution >= 4 is 11.4 Å². The van der Waals surface area contributed by atoms with E-state index in [0.29, 0.717) is 5.69 Å². The van der Waals surface area contributed by atoms with Crippen LogP contribution in [-0.4, -0.2) is 19.1 Å². The van der Waals surface area contributed by atoms with Gasteiger partial charge in [0.15, 0.2) is 0 Å². The largest absolute Gasteiger partial charge is 0.397 e. The van der Waals surface area contributed by atoms with Crippen molar-refractivity contribution in [2.75, 3.05) is 24.7 Å². The summed E-state index contributed by atoms with van der Waals surface area (Å²) in [4.78, 5) is 6.56. The fraction of sp³-hybridized carbons (Fsp3) is 0.190. The number of nitrogens with two attached hydrogens (primary N) is 1. The van der Waals surface area contributed by atoms with E-state index in [2.05, 4.69) is 74.2 Å². The van der Waals surface area contributed by atoms with Crippen molar-refractivity contribution in [3.63, 3.8) is 0 Å². The van der Waals surface area contributed by atoms with Gasteiger partial charge in [0.25, 0.3) is 0 Å². The fourth-order valence-electron chi connectivity index (χ4n) is 2.91. The summed E-state index contributed by atoms with van der Waals surface area (Å²) < 4.78 is 0. The highest BCUT2D eigenvalue weighted by molar-refractivity contribution is 5.76. The van der Waals surface area contributed by atoms with Crippen LogP contribution in [0.3, 0.4) is 0 Å². The number of anilines is 2. The molecule has 0 spiro atoms. The van der Waals surface area contributed by atoms with Gasteiger partial charge in [-0.05, 0) is 66.4 Å². The number of benzene rings is 2. The molecule has 0 atom stereocenters. The number of aryl methyl sites for hydroxylation is 2. The number of nitrogen functional groups attached to an aromatic ring is 1. The number of hydrogen-bond donors (Lipinski definition) is 1. The molecule has 1 heterocycles. The second kappa shape index (κ2) is 6.36. The Morgan fingerprint density at radius 2 is 1.46 bits per heavy atom. The van der Waals surface area contributed by atoms with Crippen LogP contribution >= 0.6 is 0 Å². The number of rotatable bonds is 3. The van der Waals surface area contributed by atoms with Gasteiger partial charge >= 0.3 is 0 Å². The maximum Gasteiger partial charge on any atom is 0.0706 e. The van der Waals surface area contributed by atoms with E-state index in [1.54, 1.807) is 6.20 Å². The highest BCUT2D eigenvalue weighted by Crippen LogP contribution is 2.32. The Balaban J connectivity index is 2.02. The Hall–Kier alpha value is -2.81. The minimum Gasteiger partial charge on any atom is -0.397 e. The molecule has 24 heavy (non-hydrogen) atoms. The topological polar surface area (TPSA) is 42.1 Å². The molecule has 0 bridgehead atoms. The quantitative estimate of drug-likeness (QED) is 0.762. The first kappa shape index (κ1) is 16.1. The summed E-state index contributed by atoms with van der Waals surface area (Å²) in [6, 6.07) is 17.0. The van der Waals surface area contributed by atoms with Crippen molar-refractivity contribution in [2.45, 2.75) is 13.8 Å². The Kier molecular flexibility index (Phi) is 4.26. The van der Waals surface area contributed by atoms with Gasteiger partial charge in [0, 0.05) is 25.3 Å². The molecule has 2 aromatic carbocycles. The molecule has 0 unspecified atom stereocenters. The third-order valence-electron chi connectivity index (χ3n) is 4.33. The lowest BCUT2D eigenvalue weighted by Gasteiger charge is -2.15. The van der Waals surface area contributed by atoms with Crippen molar-refractivity contribution in [2.24, 2.45) is 0 Å². The molecule has 0 saturated carbocycles. The van der Waals surface area contributed by atoms with Crippen LogP contribution in [0, 0.1) is 13.8 Å². The molecule has 3 aromatic rings. The molecule has 0 amide bonds. The summed E-state index contributed by atoms with van der Waals surface area (Å²) in [5.41, 5.74) is 14.7.